The van der Waals surface area contributed by atoms with E-state index in [9.17, 15) is 13.2 Å². The van der Waals surface area contributed by atoms with Gasteiger partial charge < -0.3 is 5.11 Å². The van der Waals surface area contributed by atoms with E-state index < -0.39 is 16.0 Å². The maximum atomic E-state index is 12.2. The Kier molecular flexibility index (Phi) is 4.24. The third-order valence-electron chi connectivity index (χ3n) is 2.66. The molecule has 0 saturated heterocycles. The summed E-state index contributed by atoms with van der Waals surface area (Å²) in [6.07, 6.45) is 3.99. The molecular formula is C12H10BrN3O4S. The van der Waals surface area contributed by atoms with Crippen LogP contribution in [0.5, 0.6) is 0 Å². The number of hydrogen-bond donors (Lipinski definition) is 2. The van der Waals surface area contributed by atoms with Crippen molar-refractivity contribution in [3.63, 3.8) is 0 Å². The second-order valence-corrected chi connectivity index (χ2v) is 6.62. The van der Waals surface area contributed by atoms with Crippen molar-refractivity contribution in [2.75, 3.05) is 4.72 Å². The number of carbonyl (C=O) groups is 1. The summed E-state index contributed by atoms with van der Waals surface area (Å²) in [6, 6.07) is 2.43. The Morgan fingerprint density at radius 3 is 2.62 bits per heavy atom. The Balaban J connectivity index is 2.48. The van der Waals surface area contributed by atoms with Gasteiger partial charge in [-0.2, -0.15) is 0 Å². The van der Waals surface area contributed by atoms with Crippen LogP contribution in [0.4, 0.5) is 5.82 Å². The highest BCUT2D eigenvalue weighted by molar-refractivity contribution is 9.10. The molecule has 0 radical (unpaired) electrons. The van der Waals surface area contributed by atoms with Gasteiger partial charge in [-0.3, -0.25) is 9.71 Å². The molecule has 2 aromatic rings. The second kappa shape index (κ2) is 5.78. The lowest BCUT2D eigenvalue weighted by atomic mass is 10.1. The Morgan fingerprint density at radius 1 is 1.33 bits per heavy atom. The fourth-order valence-corrected chi connectivity index (χ4v) is 3.24. The van der Waals surface area contributed by atoms with Gasteiger partial charge in [0.05, 0.1) is 16.7 Å². The largest absolute Gasteiger partial charge is 0.478 e. The number of nitrogens with zero attached hydrogens (tertiary/aromatic N) is 2. The van der Waals surface area contributed by atoms with Crippen LogP contribution < -0.4 is 4.72 Å². The maximum absolute atomic E-state index is 12.2. The zero-order valence-corrected chi connectivity index (χ0v) is 13.1. The first-order chi connectivity index (χ1) is 9.81. The molecule has 2 rings (SSSR count). The van der Waals surface area contributed by atoms with Crippen molar-refractivity contribution >= 4 is 37.7 Å². The first-order valence-corrected chi connectivity index (χ1v) is 7.91. The van der Waals surface area contributed by atoms with Crippen LogP contribution in [0.3, 0.4) is 0 Å². The fraction of sp³-hybridized carbons (Fsp3) is 0.0833. The SMILES string of the molecule is Cc1c(Br)cc(S(=O)(=O)Nc2cnccn2)cc1C(=O)O. The van der Waals surface area contributed by atoms with Gasteiger partial charge in [0.2, 0.25) is 0 Å². The van der Waals surface area contributed by atoms with Gasteiger partial charge in [-0.05, 0) is 24.6 Å². The van der Waals surface area contributed by atoms with Crippen molar-refractivity contribution in [3.05, 3.63) is 46.3 Å². The molecule has 9 heteroatoms. The number of sulfonamides is 1. The van der Waals surface area contributed by atoms with E-state index in [-0.39, 0.29) is 16.3 Å². The lowest BCUT2D eigenvalue weighted by molar-refractivity contribution is 0.0695. The predicted molar refractivity (Wildman–Crippen MR) is 78.7 cm³/mol. The van der Waals surface area contributed by atoms with E-state index in [2.05, 4.69) is 30.6 Å². The molecule has 0 bridgehead atoms. The molecule has 1 aromatic carbocycles. The van der Waals surface area contributed by atoms with Gasteiger partial charge in [0.15, 0.2) is 5.82 Å². The monoisotopic (exact) mass is 371 g/mol. The zero-order chi connectivity index (χ0) is 15.6. The molecule has 0 amide bonds. The number of aromatic carboxylic acids is 1. The van der Waals surface area contributed by atoms with Crippen LogP contribution in [0, 0.1) is 6.92 Å². The van der Waals surface area contributed by atoms with Gasteiger partial charge in [-0.1, -0.05) is 15.9 Å². The number of hydrogen-bond acceptors (Lipinski definition) is 5. The summed E-state index contributed by atoms with van der Waals surface area (Å²) >= 11 is 3.16. The van der Waals surface area contributed by atoms with Gasteiger partial charge in [0.1, 0.15) is 0 Å². The fourth-order valence-electron chi connectivity index (χ4n) is 1.58. The predicted octanol–water partition coefficient (Wildman–Crippen LogP) is 2.05. The van der Waals surface area contributed by atoms with E-state index in [1.54, 1.807) is 6.92 Å². The summed E-state index contributed by atoms with van der Waals surface area (Å²) in [7, 11) is -3.95. The highest BCUT2D eigenvalue weighted by Crippen LogP contribution is 2.25. The first-order valence-electron chi connectivity index (χ1n) is 5.63. The normalized spacial score (nSPS) is 11.1. The Bertz CT molecular complexity index is 794. The van der Waals surface area contributed by atoms with Crippen LogP contribution in [0.1, 0.15) is 15.9 Å². The summed E-state index contributed by atoms with van der Waals surface area (Å²) in [5, 5.41) is 9.11. The summed E-state index contributed by atoms with van der Waals surface area (Å²) in [5.41, 5.74) is 0.352. The molecule has 110 valence electrons. The smallest absolute Gasteiger partial charge is 0.336 e. The van der Waals surface area contributed by atoms with Gasteiger partial charge in [-0.15, -0.1) is 0 Å². The number of nitrogens with one attached hydrogen (secondary N) is 1. The first kappa shape index (κ1) is 15.4. The van der Waals surface area contributed by atoms with Crippen LogP contribution in [0.25, 0.3) is 0 Å². The molecule has 0 aliphatic carbocycles. The van der Waals surface area contributed by atoms with E-state index in [4.69, 9.17) is 5.11 Å². The zero-order valence-electron chi connectivity index (χ0n) is 10.7. The molecule has 21 heavy (non-hydrogen) atoms. The van der Waals surface area contributed by atoms with Crippen molar-refractivity contribution < 1.29 is 18.3 Å². The Hall–Kier alpha value is -2.00. The highest BCUT2D eigenvalue weighted by Gasteiger charge is 2.20. The summed E-state index contributed by atoms with van der Waals surface area (Å²) in [4.78, 5) is 18.5. The van der Waals surface area contributed by atoms with Crippen molar-refractivity contribution in [2.24, 2.45) is 0 Å². The number of carboxylic acid groups (broad SMARTS) is 1. The number of benzene rings is 1. The quantitative estimate of drug-likeness (QED) is 0.850. The molecule has 0 atom stereocenters. The number of halogens is 1. The molecule has 1 aromatic heterocycles. The number of anilines is 1. The summed E-state index contributed by atoms with van der Waals surface area (Å²) in [6.45, 7) is 1.58. The highest BCUT2D eigenvalue weighted by atomic mass is 79.9. The van der Waals surface area contributed by atoms with Crippen molar-refractivity contribution in [2.45, 2.75) is 11.8 Å². The standard InChI is InChI=1S/C12H10BrN3O4S/c1-7-9(12(17)18)4-8(5-10(7)13)21(19,20)16-11-6-14-2-3-15-11/h2-6H,1H3,(H,15,16)(H,17,18). The van der Waals surface area contributed by atoms with Crippen LogP contribution in [0.2, 0.25) is 0 Å². The van der Waals surface area contributed by atoms with Crippen LogP contribution >= 0.6 is 15.9 Å². The lowest BCUT2D eigenvalue weighted by Gasteiger charge is -2.10. The molecule has 0 spiro atoms. The molecule has 0 aliphatic rings. The van der Waals surface area contributed by atoms with Crippen molar-refractivity contribution in [3.8, 4) is 0 Å². The van der Waals surface area contributed by atoms with E-state index in [1.165, 1.54) is 24.7 Å². The molecule has 0 saturated carbocycles. The summed E-state index contributed by atoms with van der Waals surface area (Å²) < 4.78 is 27.1. The minimum atomic E-state index is -3.95. The van der Waals surface area contributed by atoms with Crippen LogP contribution in [0.15, 0.2) is 40.1 Å². The minimum absolute atomic E-state index is 0.0473. The Morgan fingerprint density at radius 2 is 2.05 bits per heavy atom. The topological polar surface area (TPSA) is 109 Å². The third-order valence-corrected chi connectivity index (χ3v) is 4.82. The lowest BCUT2D eigenvalue weighted by Crippen LogP contribution is -2.15. The van der Waals surface area contributed by atoms with E-state index in [1.807, 2.05) is 0 Å². The van der Waals surface area contributed by atoms with Crippen molar-refractivity contribution in [1.82, 2.24) is 9.97 Å². The average Bonchev–Trinajstić information content (AvgIpc) is 2.41. The second-order valence-electron chi connectivity index (χ2n) is 4.08. The van der Waals surface area contributed by atoms with Crippen LogP contribution in [-0.2, 0) is 10.0 Å². The number of rotatable bonds is 4. The number of aromatic nitrogens is 2. The molecule has 0 aliphatic heterocycles. The molecule has 2 N–H and O–H groups in total. The number of carboxylic acids is 1. The Labute approximate surface area is 129 Å². The third kappa shape index (κ3) is 3.37. The molecular weight excluding hydrogens is 362 g/mol. The van der Waals surface area contributed by atoms with Crippen molar-refractivity contribution in [1.29, 1.82) is 0 Å². The van der Waals surface area contributed by atoms with Gasteiger partial charge in [-0.25, -0.2) is 18.2 Å². The average molecular weight is 372 g/mol. The van der Waals surface area contributed by atoms with Gasteiger partial charge in [0, 0.05) is 16.9 Å². The maximum Gasteiger partial charge on any atom is 0.336 e. The minimum Gasteiger partial charge on any atom is -0.478 e. The molecule has 7 nitrogen and oxygen atoms in total. The summed E-state index contributed by atoms with van der Waals surface area (Å²) in [5.74, 6) is -1.16. The molecule has 0 unspecified atom stereocenters. The van der Waals surface area contributed by atoms with E-state index in [0.29, 0.717) is 10.0 Å². The molecule has 1 heterocycles. The van der Waals surface area contributed by atoms with E-state index >= 15 is 0 Å². The van der Waals surface area contributed by atoms with Crippen LogP contribution in [-0.4, -0.2) is 29.5 Å². The van der Waals surface area contributed by atoms with E-state index in [0.717, 1.165) is 6.07 Å². The molecule has 0 fully saturated rings. The van der Waals surface area contributed by atoms with Gasteiger partial charge in [0.25, 0.3) is 10.0 Å². The van der Waals surface area contributed by atoms with Gasteiger partial charge >= 0.3 is 5.97 Å².